The van der Waals surface area contributed by atoms with Crippen molar-refractivity contribution in [3.05, 3.63) is 62.5 Å². The van der Waals surface area contributed by atoms with Crippen molar-refractivity contribution < 1.29 is 4.79 Å². The van der Waals surface area contributed by atoms with Crippen molar-refractivity contribution in [2.45, 2.75) is 11.3 Å². The summed E-state index contributed by atoms with van der Waals surface area (Å²) in [6.07, 6.45) is 0.337. The van der Waals surface area contributed by atoms with E-state index in [-0.39, 0.29) is 5.78 Å². The van der Waals surface area contributed by atoms with Crippen LogP contribution in [0.15, 0.2) is 51.8 Å². The standard InChI is InChI=1S/C15H11BrCl2OS/c16-11-6-5-10(14(18)8-11)7-12(19)9-20-15-4-2-1-3-13(15)17/h1-6,8H,7,9H2. The first-order valence-corrected chi connectivity index (χ1v) is 8.42. The third-order valence-corrected chi connectivity index (χ3v) is 5.05. The summed E-state index contributed by atoms with van der Waals surface area (Å²) in [6, 6.07) is 13.1. The molecule has 0 radical (unpaired) electrons. The lowest BCUT2D eigenvalue weighted by molar-refractivity contribution is -0.116. The van der Waals surface area contributed by atoms with Gasteiger partial charge in [0.2, 0.25) is 0 Å². The number of thioether (sulfide) groups is 1. The average molecular weight is 390 g/mol. The predicted octanol–water partition coefficient (Wildman–Crippen LogP) is 5.66. The van der Waals surface area contributed by atoms with Gasteiger partial charge in [-0.05, 0) is 29.8 Å². The molecule has 0 unspecified atom stereocenters. The monoisotopic (exact) mass is 388 g/mol. The molecule has 0 spiro atoms. The second-order valence-corrected chi connectivity index (χ2v) is 6.92. The number of Topliss-reactive ketones (excluding diaryl/α,β-unsaturated/α-hetero) is 1. The molecule has 5 heteroatoms. The number of hydrogen-bond donors (Lipinski definition) is 0. The molecule has 2 rings (SSSR count). The maximum absolute atomic E-state index is 12.0. The number of carbonyl (C=O) groups is 1. The Morgan fingerprint density at radius 1 is 1.10 bits per heavy atom. The minimum absolute atomic E-state index is 0.124. The highest BCUT2D eigenvalue weighted by atomic mass is 79.9. The number of halogens is 3. The van der Waals surface area contributed by atoms with Crippen molar-refractivity contribution in [2.24, 2.45) is 0 Å². The van der Waals surface area contributed by atoms with E-state index in [4.69, 9.17) is 23.2 Å². The molecule has 2 aromatic carbocycles. The zero-order valence-corrected chi connectivity index (χ0v) is 14.3. The lowest BCUT2D eigenvalue weighted by Crippen LogP contribution is -2.06. The van der Waals surface area contributed by atoms with Gasteiger partial charge in [0.25, 0.3) is 0 Å². The highest BCUT2D eigenvalue weighted by Gasteiger charge is 2.09. The third-order valence-electron chi connectivity index (χ3n) is 2.63. The quantitative estimate of drug-likeness (QED) is 0.613. The Labute approximate surface area is 140 Å². The SMILES string of the molecule is O=C(CSc1ccccc1Cl)Cc1ccc(Br)cc1Cl. The van der Waals surface area contributed by atoms with Gasteiger partial charge in [-0.25, -0.2) is 0 Å². The van der Waals surface area contributed by atoms with Gasteiger partial charge in [-0.1, -0.05) is 57.3 Å². The molecule has 0 amide bonds. The third kappa shape index (κ3) is 4.52. The molecule has 1 nitrogen and oxygen atoms in total. The number of carbonyl (C=O) groups excluding carboxylic acids is 1. The van der Waals surface area contributed by atoms with Crippen molar-refractivity contribution in [1.82, 2.24) is 0 Å². The molecule has 0 bridgehead atoms. The van der Waals surface area contributed by atoms with Crippen LogP contribution in [0.25, 0.3) is 0 Å². The lowest BCUT2D eigenvalue weighted by Gasteiger charge is -2.05. The van der Waals surface area contributed by atoms with E-state index in [1.54, 1.807) is 6.07 Å². The summed E-state index contributed by atoms with van der Waals surface area (Å²) in [6.45, 7) is 0. The summed E-state index contributed by atoms with van der Waals surface area (Å²) in [5, 5.41) is 1.28. The highest BCUT2D eigenvalue weighted by molar-refractivity contribution is 9.10. The average Bonchev–Trinajstić information content (AvgIpc) is 2.41. The van der Waals surface area contributed by atoms with Gasteiger partial charge < -0.3 is 0 Å². The van der Waals surface area contributed by atoms with Crippen LogP contribution in [0.3, 0.4) is 0 Å². The summed E-state index contributed by atoms with van der Waals surface area (Å²) >= 11 is 17.0. The second-order valence-electron chi connectivity index (χ2n) is 4.17. The summed E-state index contributed by atoms with van der Waals surface area (Å²) in [5.41, 5.74) is 0.847. The van der Waals surface area contributed by atoms with Crippen molar-refractivity contribution in [2.75, 3.05) is 5.75 Å². The van der Waals surface area contributed by atoms with Gasteiger partial charge in [-0.2, -0.15) is 0 Å². The number of ketones is 1. The van der Waals surface area contributed by atoms with Crippen molar-refractivity contribution in [3.63, 3.8) is 0 Å². The molecule has 0 saturated carbocycles. The van der Waals surface area contributed by atoms with Crippen LogP contribution in [0, 0.1) is 0 Å². The van der Waals surface area contributed by atoms with Gasteiger partial charge in [-0.3, -0.25) is 4.79 Å². The van der Waals surface area contributed by atoms with Crippen molar-refractivity contribution >= 4 is 56.7 Å². The first-order valence-electron chi connectivity index (χ1n) is 5.89. The fraction of sp³-hybridized carbons (Fsp3) is 0.133. The fourth-order valence-electron chi connectivity index (χ4n) is 1.65. The Morgan fingerprint density at radius 3 is 2.55 bits per heavy atom. The van der Waals surface area contributed by atoms with E-state index in [2.05, 4.69) is 15.9 Å². The molecular formula is C15H11BrCl2OS. The Bertz CT molecular complexity index is 631. The van der Waals surface area contributed by atoms with Gasteiger partial charge in [0.15, 0.2) is 0 Å². The molecule has 104 valence electrons. The molecule has 20 heavy (non-hydrogen) atoms. The van der Waals surface area contributed by atoms with Gasteiger partial charge in [0.05, 0.1) is 10.8 Å². The number of rotatable bonds is 5. The van der Waals surface area contributed by atoms with Crippen molar-refractivity contribution in [3.8, 4) is 0 Å². The van der Waals surface area contributed by atoms with Crippen LogP contribution in [0.1, 0.15) is 5.56 Å². The van der Waals surface area contributed by atoms with Crippen LogP contribution < -0.4 is 0 Å². The van der Waals surface area contributed by atoms with E-state index >= 15 is 0 Å². The highest BCUT2D eigenvalue weighted by Crippen LogP contribution is 2.27. The summed E-state index contributed by atoms with van der Waals surface area (Å²) in [7, 11) is 0. The zero-order valence-electron chi connectivity index (χ0n) is 10.4. The van der Waals surface area contributed by atoms with E-state index in [9.17, 15) is 4.79 Å². The maximum Gasteiger partial charge on any atom is 0.147 e. The van der Waals surface area contributed by atoms with E-state index in [0.717, 1.165) is 14.9 Å². The Kier molecular flexibility index (Phi) is 5.97. The topological polar surface area (TPSA) is 17.1 Å². The normalized spacial score (nSPS) is 10.6. The maximum atomic E-state index is 12.0. The van der Waals surface area contributed by atoms with Gasteiger partial charge in [0.1, 0.15) is 5.78 Å². The summed E-state index contributed by atoms with van der Waals surface area (Å²) < 4.78 is 0.907. The predicted molar refractivity (Wildman–Crippen MR) is 90.0 cm³/mol. The number of hydrogen-bond acceptors (Lipinski definition) is 2. The molecule has 0 atom stereocenters. The van der Waals surface area contributed by atoms with Gasteiger partial charge in [0, 0.05) is 20.8 Å². The Balaban J connectivity index is 1.94. The van der Waals surface area contributed by atoms with Crippen LogP contribution in [0.4, 0.5) is 0 Å². The van der Waals surface area contributed by atoms with E-state index in [1.165, 1.54) is 11.8 Å². The van der Waals surface area contributed by atoms with Crippen LogP contribution in [0.2, 0.25) is 10.0 Å². The minimum Gasteiger partial charge on any atom is -0.298 e. The number of benzene rings is 2. The molecule has 0 heterocycles. The van der Waals surface area contributed by atoms with Crippen LogP contribution in [-0.2, 0) is 11.2 Å². The molecule has 0 saturated heterocycles. The molecule has 0 aromatic heterocycles. The summed E-state index contributed by atoms with van der Waals surface area (Å²) in [4.78, 5) is 12.9. The molecule has 0 aliphatic heterocycles. The first-order chi connectivity index (χ1) is 9.56. The molecular weight excluding hydrogens is 379 g/mol. The van der Waals surface area contributed by atoms with E-state index in [0.29, 0.717) is 22.2 Å². The van der Waals surface area contributed by atoms with Gasteiger partial charge in [-0.15, -0.1) is 11.8 Å². The van der Waals surface area contributed by atoms with Gasteiger partial charge >= 0.3 is 0 Å². The van der Waals surface area contributed by atoms with E-state index in [1.807, 2.05) is 36.4 Å². The van der Waals surface area contributed by atoms with E-state index < -0.39 is 0 Å². The fourth-order valence-corrected chi connectivity index (χ4v) is 3.49. The molecule has 2 aromatic rings. The minimum atomic E-state index is 0.124. The zero-order chi connectivity index (χ0) is 14.5. The van der Waals surface area contributed by atoms with Crippen LogP contribution in [0.5, 0.6) is 0 Å². The smallest absolute Gasteiger partial charge is 0.147 e. The molecule has 0 N–H and O–H groups in total. The van der Waals surface area contributed by atoms with Crippen molar-refractivity contribution in [1.29, 1.82) is 0 Å². The molecule has 0 aliphatic rings. The van der Waals surface area contributed by atoms with Crippen LogP contribution in [-0.4, -0.2) is 11.5 Å². The molecule has 0 fully saturated rings. The second kappa shape index (κ2) is 7.51. The summed E-state index contributed by atoms with van der Waals surface area (Å²) in [5.74, 6) is 0.509. The van der Waals surface area contributed by atoms with Crippen LogP contribution >= 0.6 is 50.9 Å². The molecule has 0 aliphatic carbocycles. The lowest BCUT2D eigenvalue weighted by atomic mass is 10.1. The Hall–Kier alpha value is -0.480. The Morgan fingerprint density at radius 2 is 1.85 bits per heavy atom. The largest absolute Gasteiger partial charge is 0.298 e. The first kappa shape index (κ1) is 15.9.